The normalized spacial score (nSPS) is 24.1. The number of nitrogens with zero attached hydrogens (tertiary/aromatic N) is 1. The largest absolute Gasteiger partial charge is 0.393 e. The Bertz CT molecular complexity index is 352. The minimum absolute atomic E-state index is 0.138. The molecule has 0 aliphatic carbocycles. The van der Waals surface area contributed by atoms with Gasteiger partial charge in [-0.1, -0.05) is 12.2 Å². The molecule has 4 nitrogen and oxygen atoms in total. The Hall–Kier alpha value is -0.200. The summed E-state index contributed by atoms with van der Waals surface area (Å²) in [6, 6.07) is 0.465. The van der Waals surface area contributed by atoms with E-state index in [0.29, 0.717) is 23.2 Å². The predicted molar refractivity (Wildman–Crippen MR) is 70.3 cm³/mol. The van der Waals surface area contributed by atoms with Crippen LogP contribution in [0.2, 0.25) is 0 Å². The summed E-state index contributed by atoms with van der Waals surface area (Å²) in [5.74, 6) is 0.594. The van der Waals surface area contributed by atoms with E-state index in [1.54, 1.807) is 0 Å². The number of nitrogens with two attached hydrogens (primary N) is 1. The third-order valence-corrected chi connectivity index (χ3v) is 4.91. The molecular formula is C10H20N2O2S2. The number of rotatable bonds is 5. The standard InChI is InChI=1S/C10H20N2O2S2/c1-8(2)12(5-3-10(11)15)9-4-6-16(13,14)7-9/h8-9H,3-7H2,1-2H3,(H2,11,15). The Morgan fingerprint density at radius 3 is 2.56 bits per heavy atom. The highest BCUT2D eigenvalue weighted by Crippen LogP contribution is 2.20. The third kappa shape index (κ3) is 3.99. The van der Waals surface area contributed by atoms with Crippen molar-refractivity contribution in [2.45, 2.75) is 38.8 Å². The van der Waals surface area contributed by atoms with Crippen LogP contribution in [0.25, 0.3) is 0 Å². The van der Waals surface area contributed by atoms with E-state index < -0.39 is 9.84 Å². The topological polar surface area (TPSA) is 63.4 Å². The van der Waals surface area contributed by atoms with Crippen LogP contribution in [0.5, 0.6) is 0 Å². The van der Waals surface area contributed by atoms with Gasteiger partial charge in [0.2, 0.25) is 0 Å². The van der Waals surface area contributed by atoms with Gasteiger partial charge in [0.1, 0.15) is 0 Å². The minimum Gasteiger partial charge on any atom is -0.393 e. The molecule has 0 aromatic carbocycles. The van der Waals surface area contributed by atoms with Crippen molar-refractivity contribution in [3.63, 3.8) is 0 Å². The second-order valence-corrected chi connectivity index (χ2v) is 7.36. The number of hydrogen-bond donors (Lipinski definition) is 1. The van der Waals surface area contributed by atoms with Crippen LogP contribution in [0.15, 0.2) is 0 Å². The Balaban J connectivity index is 2.61. The van der Waals surface area contributed by atoms with E-state index in [4.69, 9.17) is 18.0 Å². The fraction of sp³-hybridized carbons (Fsp3) is 0.900. The lowest BCUT2D eigenvalue weighted by Gasteiger charge is -2.31. The van der Waals surface area contributed by atoms with Gasteiger partial charge >= 0.3 is 0 Å². The van der Waals surface area contributed by atoms with Crippen LogP contribution in [0.3, 0.4) is 0 Å². The predicted octanol–water partition coefficient (Wildman–Crippen LogP) is 0.560. The van der Waals surface area contributed by atoms with Crippen LogP contribution in [0.4, 0.5) is 0 Å². The summed E-state index contributed by atoms with van der Waals surface area (Å²) in [5.41, 5.74) is 5.48. The molecule has 1 saturated heterocycles. The monoisotopic (exact) mass is 264 g/mol. The fourth-order valence-corrected chi connectivity index (χ4v) is 3.97. The lowest BCUT2D eigenvalue weighted by molar-refractivity contribution is 0.172. The lowest BCUT2D eigenvalue weighted by atomic mass is 10.1. The molecule has 0 bridgehead atoms. The van der Waals surface area contributed by atoms with Gasteiger partial charge in [-0.15, -0.1) is 0 Å². The Kier molecular flexibility index (Phi) is 4.70. The summed E-state index contributed by atoms with van der Waals surface area (Å²) in [6.07, 6.45) is 1.39. The van der Waals surface area contributed by atoms with E-state index in [-0.39, 0.29) is 11.8 Å². The van der Waals surface area contributed by atoms with E-state index in [0.717, 1.165) is 13.0 Å². The molecule has 0 aromatic rings. The first-order valence-electron chi connectivity index (χ1n) is 5.56. The van der Waals surface area contributed by atoms with E-state index in [1.165, 1.54) is 0 Å². The number of sulfone groups is 1. The maximum Gasteiger partial charge on any atom is 0.151 e. The molecule has 1 atom stereocenters. The molecule has 0 amide bonds. The average Bonchev–Trinajstić information content (AvgIpc) is 2.45. The van der Waals surface area contributed by atoms with Crippen LogP contribution in [0.1, 0.15) is 26.7 Å². The molecule has 1 rings (SSSR count). The van der Waals surface area contributed by atoms with Gasteiger partial charge in [-0.2, -0.15) is 0 Å². The van der Waals surface area contributed by atoms with Gasteiger partial charge in [0.15, 0.2) is 9.84 Å². The van der Waals surface area contributed by atoms with E-state index in [1.807, 2.05) is 0 Å². The van der Waals surface area contributed by atoms with Crippen molar-refractivity contribution in [2.24, 2.45) is 5.73 Å². The van der Waals surface area contributed by atoms with Crippen LogP contribution in [-0.2, 0) is 9.84 Å². The van der Waals surface area contributed by atoms with E-state index in [2.05, 4.69) is 18.7 Å². The Labute approximate surface area is 103 Å². The van der Waals surface area contributed by atoms with E-state index >= 15 is 0 Å². The molecule has 16 heavy (non-hydrogen) atoms. The molecule has 1 fully saturated rings. The Morgan fingerprint density at radius 1 is 1.56 bits per heavy atom. The van der Waals surface area contributed by atoms with Gasteiger partial charge in [0, 0.05) is 25.0 Å². The van der Waals surface area contributed by atoms with Crippen LogP contribution in [-0.4, -0.2) is 48.4 Å². The zero-order valence-electron chi connectivity index (χ0n) is 9.85. The van der Waals surface area contributed by atoms with Gasteiger partial charge in [-0.3, -0.25) is 4.90 Å². The van der Waals surface area contributed by atoms with Crippen LogP contribution >= 0.6 is 12.2 Å². The number of thiocarbonyl (C=S) groups is 1. The van der Waals surface area contributed by atoms with Crippen molar-refractivity contribution in [1.82, 2.24) is 4.90 Å². The molecule has 0 saturated carbocycles. The molecule has 1 unspecified atom stereocenters. The van der Waals surface area contributed by atoms with Crippen molar-refractivity contribution < 1.29 is 8.42 Å². The van der Waals surface area contributed by atoms with Gasteiger partial charge in [0.25, 0.3) is 0 Å². The van der Waals surface area contributed by atoms with Gasteiger partial charge in [-0.25, -0.2) is 8.42 Å². The molecule has 94 valence electrons. The van der Waals surface area contributed by atoms with Gasteiger partial charge < -0.3 is 5.73 Å². The first kappa shape index (κ1) is 13.9. The third-order valence-electron chi connectivity index (χ3n) is 2.96. The summed E-state index contributed by atoms with van der Waals surface area (Å²) >= 11 is 4.85. The first-order chi connectivity index (χ1) is 7.32. The van der Waals surface area contributed by atoms with Crippen LogP contribution in [0, 0.1) is 0 Å². The SMILES string of the molecule is CC(C)N(CCC(N)=S)C1CCS(=O)(=O)C1. The highest BCUT2D eigenvalue weighted by Gasteiger charge is 2.33. The average molecular weight is 264 g/mol. The first-order valence-corrected chi connectivity index (χ1v) is 7.79. The van der Waals surface area contributed by atoms with Gasteiger partial charge in [-0.05, 0) is 20.3 Å². The number of hydrogen-bond acceptors (Lipinski definition) is 4. The zero-order chi connectivity index (χ0) is 12.3. The molecule has 1 aliphatic rings. The molecule has 1 heterocycles. The molecular weight excluding hydrogens is 244 g/mol. The fourth-order valence-electron chi connectivity index (χ4n) is 2.14. The summed E-state index contributed by atoms with van der Waals surface area (Å²) in [5, 5.41) is 0. The second kappa shape index (κ2) is 5.42. The summed E-state index contributed by atoms with van der Waals surface area (Å²) in [4.78, 5) is 2.69. The highest BCUT2D eigenvalue weighted by molar-refractivity contribution is 7.91. The quantitative estimate of drug-likeness (QED) is 0.735. The smallest absolute Gasteiger partial charge is 0.151 e. The van der Waals surface area contributed by atoms with Crippen molar-refractivity contribution in [3.8, 4) is 0 Å². The molecule has 0 aromatic heterocycles. The van der Waals surface area contributed by atoms with Crippen molar-refractivity contribution in [2.75, 3.05) is 18.1 Å². The summed E-state index contributed by atoms with van der Waals surface area (Å²) in [7, 11) is -2.82. The summed E-state index contributed by atoms with van der Waals surface area (Å²) < 4.78 is 22.9. The maximum atomic E-state index is 11.4. The van der Waals surface area contributed by atoms with Crippen molar-refractivity contribution in [3.05, 3.63) is 0 Å². The highest BCUT2D eigenvalue weighted by atomic mass is 32.2. The second-order valence-electron chi connectivity index (χ2n) is 4.60. The molecule has 2 N–H and O–H groups in total. The molecule has 6 heteroatoms. The molecule has 0 spiro atoms. The maximum absolute atomic E-state index is 11.4. The molecule has 0 radical (unpaired) electrons. The minimum atomic E-state index is -2.82. The van der Waals surface area contributed by atoms with Gasteiger partial charge in [0.05, 0.1) is 16.5 Å². The van der Waals surface area contributed by atoms with Crippen LogP contribution < -0.4 is 5.73 Å². The summed E-state index contributed by atoms with van der Waals surface area (Å²) in [6.45, 7) is 4.90. The Morgan fingerprint density at radius 2 is 2.19 bits per heavy atom. The molecule has 1 aliphatic heterocycles. The van der Waals surface area contributed by atoms with Crippen molar-refractivity contribution in [1.29, 1.82) is 0 Å². The van der Waals surface area contributed by atoms with E-state index in [9.17, 15) is 8.42 Å². The zero-order valence-corrected chi connectivity index (χ0v) is 11.5. The lowest BCUT2D eigenvalue weighted by Crippen LogP contribution is -2.42. The van der Waals surface area contributed by atoms with Crippen molar-refractivity contribution >= 4 is 27.0 Å².